The van der Waals surface area contributed by atoms with Gasteiger partial charge in [-0.1, -0.05) is 25.1 Å². The van der Waals surface area contributed by atoms with Crippen LogP contribution in [0, 0.1) is 0 Å². The van der Waals surface area contributed by atoms with Gasteiger partial charge in [0, 0.05) is 38.7 Å². The molecule has 1 aliphatic rings. The van der Waals surface area contributed by atoms with Gasteiger partial charge >= 0.3 is 0 Å². The van der Waals surface area contributed by atoms with Crippen LogP contribution in [0.5, 0.6) is 5.75 Å². The van der Waals surface area contributed by atoms with Gasteiger partial charge in [0.15, 0.2) is 0 Å². The molecule has 0 radical (unpaired) electrons. The summed E-state index contributed by atoms with van der Waals surface area (Å²) < 4.78 is 17.1. The zero-order valence-electron chi connectivity index (χ0n) is 12.4. The fourth-order valence-electron chi connectivity index (χ4n) is 2.72. The number of para-hydroxylation sites is 1. The van der Waals surface area contributed by atoms with Crippen molar-refractivity contribution in [1.82, 2.24) is 0 Å². The average Bonchev–Trinajstić information content (AvgIpc) is 2.53. The molecule has 0 amide bonds. The Morgan fingerprint density at radius 1 is 1.30 bits per heavy atom. The Bertz CT molecular complexity index is 416. The largest absolute Gasteiger partial charge is 0.493 e. The van der Waals surface area contributed by atoms with Crippen LogP contribution in [-0.4, -0.2) is 32.5 Å². The molecule has 1 unspecified atom stereocenters. The number of nitrogens with two attached hydrogens (primary N) is 1. The van der Waals surface area contributed by atoms with Gasteiger partial charge < -0.3 is 19.9 Å². The van der Waals surface area contributed by atoms with Crippen molar-refractivity contribution in [3.8, 4) is 5.75 Å². The highest BCUT2D eigenvalue weighted by molar-refractivity contribution is 5.37. The number of methoxy groups -OCH3 is 1. The molecule has 1 saturated heterocycles. The van der Waals surface area contributed by atoms with Gasteiger partial charge in [-0.25, -0.2) is 0 Å². The standard InChI is InChI=1S/C16H25NO3/c1-3-10-20-14-7-5-4-6-13(14)15(17)16(18-2)8-11-19-12-9-16/h4-7,15H,3,8-12,17H2,1-2H3. The van der Waals surface area contributed by atoms with Gasteiger partial charge in [0.05, 0.1) is 18.2 Å². The molecular formula is C16H25NO3. The summed E-state index contributed by atoms with van der Waals surface area (Å²) in [5.41, 5.74) is 7.19. The van der Waals surface area contributed by atoms with Crippen molar-refractivity contribution in [2.75, 3.05) is 26.9 Å². The summed E-state index contributed by atoms with van der Waals surface area (Å²) in [5, 5.41) is 0. The first kappa shape index (κ1) is 15.3. The molecule has 0 aliphatic carbocycles. The Morgan fingerprint density at radius 2 is 2.00 bits per heavy atom. The minimum Gasteiger partial charge on any atom is -0.493 e. The summed E-state index contributed by atoms with van der Waals surface area (Å²) in [6.07, 6.45) is 2.60. The maximum Gasteiger partial charge on any atom is 0.124 e. The van der Waals surface area contributed by atoms with Crippen LogP contribution in [-0.2, 0) is 9.47 Å². The summed E-state index contributed by atoms with van der Waals surface area (Å²) in [6, 6.07) is 7.78. The van der Waals surface area contributed by atoms with Gasteiger partial charge in [-0.3, -0.25) is 0 Å². The SMILES string of the molecule is CCCOc1ccccc1C(N)C1(OC)CCOCC1. The maximum absolute atomic E-state index is 6.53. The van der Waals surface area contributed by atoms with Gasteiger partial charge in [-0.2, -0.15) is 0 Å². The van der Waals surface area contributed by atoms with Crippen molar-refractivity contribution in [3.05, 3.63) is 29.8 Å². The number of benzene rings is 1. The number of hydrogen-bond acceptors (Lipinski definition) is 4. The second-order valence-corrected chi connectivity index (χ2v) is 5.25. The normalized spacial score (nSPS) is 19.6. The average molecular weight is 279 g/mol. The molecule has 1 fully saturated rings. The first-order chi connectivity index (χ1) is 9.73. The molecule has 1 aliphatic heterocycles. The summed E-state index contributed by atoms with van der Waals surface area (Å²) in [5.74, 6) is 0.866. The molecule has 1 heterocycles. The zero-order valence-corrected chi connectivity index (χ0v) is 12.4. The molecule has 1 aromatic carbocycles. The third-order valence-corrected chi connectivity index (χ3v) is 4.03. The molecule has 0 spiro atoms. The molecule has 4 nitrogen and oxygen atoms in total. The van der Waals surface area contributed by atoms with Crippen LogP contribution >= 0.6 is 0 Å². The molecule has 20 heavy (non-hydrogen) atoms. The molecule has 2 rings (SSSR count). The Hall–Kier alpha value is -1.10. The predicted molar refractivity (Wildman–Crippen MR) is 78.9 cm³/mol. The van der Waals surface area contributed by atoms with E-state index < -0.39 is 0 Å². The number of rotatable bonds is 6. The molecule has 1 atom stereocenters. The smallest absolute Gasteiger partial charge is 0.124 e. The van der Waals surface area contributed by atoms with Crippen LogP contribution in [0.25, 0.3) is 0 Å². The lowest BCUT2D eigenvalue weighted by molar-refractivity contribution is -0.105. The molecule has 0 aromatic heterocycles. The maximum atomic E-state index is 6.53. The lowest BCUT2D eigenvalue weighted by Gasteiger charge is -2.41. The van der Waals surface area contributed by atoms with Gasteiger partial charge in [0.1, 0.15) is 5.75 Å². The summed E-state index contributed by atoms with van der Waals surface area (Å²) >= 11 is 0. The van der Waals surface area contributed by atoms with Crippen LogP contribution < -0.4 is 10.5 Å². The summed E-state index contributed by atoms with van der Waals surface area (Å²) in [6.45, 7) is 4.18. The fraction of sp³-hybridized carbons (Fsp3) is 0.625. The second kappa shape index (κ2) is 7.07. The Kier molecular flexibility index (Phi) is 5.40. The molecule has 2 N–H and O–H groups in total. The van der Waals surface area contributed by atoms with Crippen LogP contribution in [0.3, 0.4) is 0 Å². The van der Waals surface area contributed by atoms with E-state index in [0.29, 0.717) is 19.8 Å². The van der Waals surface area contributed by atoms with E-state index in [-0.39, 0.29) is 11.6 Å². The van der Waals surface area contributed by atoms with E-state index in [1.54, 1.807) is 7.11 Å². The third kappa shape index (κ3) is 3.14. The number of hydrogen-bond donors (Lipinski definition) is 1. The van der Waals surface area contributed by atoms with E-state index in [9.17, 15) is 0 Å². The molecule has 0 bridgehead atoms. The van der Waals surface area contributed by atoms with Crippen molar-refractivity contribution >= 4 is 0 Å². The first-order valence-electron chi connectivity index (χ1n) is 7.33. The van der Waals surface area contributed by atoms with Crippen LogP contribution in [0.15, 0.2) is 24.3 Å². The molecule has 0 saturated carbocycles. The van der Waals surface area contributed by atoms with Crippen LogP contribution in [0.1, 0.15) is 37.8 Å². The minimum atomic E-state index is -0.357. The Balaban J connectivity index is 2.24. The highest BCUT2D eigenvalue weighted by Gasteiger charge is 2.40. The van der Waals surface area contributed by atoms with Crippen molar-refractivity contribution in [3.63, 3.8) is 0 Å². The fourth-order valence-corrected chi connectivity index (χ4v) is 2.72. The Morgan fingerprint density at radius 3 is 2.65 bits per heavy atom. The van der Waals surface area contributed by atoms with Gasteiger partial charge in [-0.05, 0) is 12.5 Å². The van der Waals surface area contributed by atoms with Crippen LogP contribution in [0.4, 0.5) is 0 Å². The molecular weight excluding hydrogens is 254 g/mol. The van der Waals surface area contributed by atoms with E-state index in [1.807, 2.05) is 24.3 Å². The molecule has 1 aromatic rings. The van der Waals surface area contributed by atoms with E-state index >= 15 is 0 Å². The van der Waals surface area contributed by atoms with Gasteiger partial charge in [0.25, 0.3) is 0 Å². The summed E-state index contributed by atoms with van der Waals surface area (Å²) in [4.78, 5) is 0. The lowest BCUT2D eigenvalue weighted by atomic mass is 9.82. The van der Waals surface area contributed by atoms with Gasteiger partial charge in [0.2, 0.25) is 0 Å². The number of ether oxygens (including phenoxy) is 3. The topological polar surface area (TPSA) is 53.7 Å². The monoisotopic (exact) mass is 279 g/mol. The van der Waals surface area contributed by atoms with E-state index in [4.69, 9.17) is 19.9 Å². The van der Waals surface area contributed by atoms with E-state index in [1.165, 1.54) is 0 Å². The van der Waals surface area contributed by atoms with E-state index in [0.717, 1.165) is 30.6 Å². The predicted octanol–water partition coefficient (Wildman–Crippen LogP) is 2.67. The first-order valence-corrected chi connectivity index (χ1v) is 7.33. The van der Waals surface area contributed by atoms with Gasteiger partial charge in [-0.15, -0.1) is 0 Å². The Labute approximate surface area is 121 Å². The van der Waals surface area contributed by atoms with Crippen molar-refractivity contribution in [1.29, 1.82) is 0 Å². The minimum absolute atomic E-state index is 0.204. The van der Waals surface area contributed by atoms with E-state index in [2.05, 4.69) is 6.92 Å². The zero-order chi connectivity index (χ0) is 14.4. The molecule has 112 valence electrons. The van der Waals surface area contributed by atoms with Crippen LogP contribution in [0.2, 0.25) is 0 Å². The lowest BCUT2D eigenvalue weighted by Crippen LogP contribution is -2.47. The second-order valence-electron chi connectivity index (χ2n) is 5.25. The molecule has 4 heteroatoms. The third-order valence-electron chi connectivity index (χ3n) is 4.03. The quantitative estimate of drug-likeness (QED) is 0.870. The van der Waals surface area contributed by atoms with Crippen molar-refractivity contribution in [2.24, 2.45) is 5.73 Å². The van der Waals surface area contributed by atoms with Crippen molar-refractivity contribution < 1.29 is 14.2 Å². The summed E-state index contributed by atoms with van der Waals surface area (Å²) in [7, 11) is 1.74. The van der Waals surface area contributed by atoms with Crippen molar-refractivity contribution in [2.45, 2.75) is 37.8 Å². The highest BCUT2D eigenvalue weighted by atomic mass is 16.5. The highest BCUT2D eigenvalue weighted by Crippen LogP contribution is 2.38.